The minimum Gasteiger partial charge on any atom is -0.303 e. The highest BCUT2D eigenvalue weighted by Gasteiger charge is 2.60. The largest absolute Gasteiger partial charge is 0.303 e. The van der Waals surface area contributed by atoms with E-state index >= 15 is 0 Å². The van der Waals surface area contributed by atoms with Crippen LogP contribution in [-0.2, 0) is 23.7 Å². The van der Waals surface area contributed by atoms with E-state index in [0.29, 0.717) is 30.2 Å². The van der Waals surface area contributed by atoms with E-state index in [9.17, 15) is 9.59 Å². The van der Waals surface area contributed by atoms with Crippen molar-refractivity contribution in [2.45, 2.75) is 44.9 Å². The molecule has 0 radical (unpaired) electrons. The number of carbonyl (C=O) groups is 2. The van der Waals surface area contributed by atoms with Crippen LogP contribution in [0.25, 0.3) is 0 Å². The van der Waals surface area contributed by atoms with Gasteiger partial charge in [-0.2, -0.15) is 0 Å². The molecular formula is C19H26N8O2. The van der Waals surface area contributed by atoms with Gasteiger partial charge in [-0.25, -0.2) is 0 Å². The molecule has 4 saturated carbocycles. The molecule has 0 aliphatic heterocycles. The lowest BCUT2D eigenvalue weighted by molar-refractivity contribution is -0.155. The maximum atomic E-state index is 13.3. The van der Waals surface area contributed by atoms with Gasteiger partial charge >= 0.3 is 0 Å². The molecule has 2 atom stereocenters. The molecule has 4 fully saturated rings. The molecule has 4 aliphatic carbocycles. The normalized spacial score (nSPS) is 32.3. The number of aryl methyl sites for hydroxylation is 2. The number of hydrogen-bond donors (Lipinski definition) is 2. The number of nitrogens with zero attached hydrogens (tertiary/aromatic N) is 6. The third-order valence-corrected chi connectivity index (χ3v) is 7.10. The highest BCUT2D eigenvalue weighted by atomic mass is 16.2. The molecule has 2 heterocycles. The molecular weight excluding hydrogens is 372 g/mol. The van der Waals surface area contributed by atoms with Gasteiger partial charge in [0.2, 0.25) is 23.7 Å². The van der Waals surface area contributed by atoms with E-state index in [1.165, 1.54) is 6.42 Å². The summed E-state index contributed by atoms with van der Waals surface area (Å²) in [5.41, 5.74) is -0.537. The molecule has 2 aromatic heterocycles. The van der Waals surface area contributed by atoms with Crippen molar-refractivity contribution in [3.05, 3.63) is 12.7 Å². The Morgan fingerprint density at radius 3 is 2.14 bits per heavy atom. The van der Waals surface area contributed by atoms with Gasteiger partial charge in [0.05, 0.1) is 5.41 Å². The summed E-state index contributed by atoms with van der Waals surface area (Å²) < 4.78 is 3.40. The molecule has 2 unspecified atom stereocenters. The highest BCUT2D eigenvalue weighted by Crippen LogP contribution is 2.66. The van der Waals surface area contributed by atoms with Crippen LogP contribution in [0.4, 0.5) is 11.9 Å². The van der Waals surface area contributed by atoms with Gasteiger partial charge in [0, 0.05) is 20.5 Å². The predicted molar refractivity (Wildman–Crippen MR) is 103 cm³/mol. The summed E-state index contributed by atoms with van der Waals surface area (Å²) in [5.74, 6) is 1.91. The summed E-state index contributed by atoms with van der Waals surface area (Å²) in [6.07, 6.45) is 9.34. The molecule has 4 bridgehead atoms. The zero-order chi connectivity index (χ0) is 20.2. The van der Waals surface area contributed by atoms with Crippen LogP contribution in [0, 0.1) is 22.7 Å². The molecule has 10 nitrogen and oxygen atoms in total. The number of aromatic nitrogens is 6. The van der Waals surface area contributed by atoms with E-state index in [-0.39, 0.29) is 17.2 Å². The van der Waals surface area contributed by atoms with Crippen molar-refractivity contribution in [1.82, 2.24) is 29.5 Å². The van der Waals surface area contributed by atoms with Crippen LogP contribution in [0.3, 0.4) is 0 Å². The molecule has 2 amide bonds. The van der Waals surface area contributed by atoms with Crippen molar-refractivity contribution in [2.24, 2.45) is 36.8 Å². The van der Waals surface area contributed by atoms with Gasteiger partial charge in [-0.3, -0.25) is 20.2 Å². The molecule has 10 heteroatoms. The molecule has 2 aromatic rings. The third kappa shape index (κ3) is 3.10. The van der Waals surface area contributed by atoms with Gasteiger partial charge in [0.15, 0.2) is 0 Å². The first-order valence-corrected chi connectivity index (χ1v) is 10.2. The van der Waals surface area contributed by atoms with Gasteiger partial charge in [-0.15, -0.1) is 20.4 Å². The van der Waals surface area contributed by atoms with Crippen LogP contribution in [0.15, 0.2) is 12.7 Å². The molecule has 154 valence electrons. The van der Waals surface area contributed by atoms with E-state index in [4.69, 9.17) is 0 Å². The molecule has 0 aromatic carbocycles. The quantitative estimate of drug-likeness (QED) is 0.788. The van der Waals surface area contributed by atoms with Crippen LogP contribution in [0.1, 0.15) is 44.9 Å². The van der Waals surface area contributed by atoms with E-state index < -0.39 is 5.41 Å². The van der Waals surface area contributed by atoms with Crippen LogP contribution in [-0.4, -0.2) is 41.3 Å². The van der Waals surface area contributed by atoms with Crippen LogP contribution in [0.2, 0.25) is 0 Å². The fraction of sp³-hybridized carbons (Fsp3) is 0.684. The van der Waals surface area contributed by atoms with E-state index in [0.717, 1.165) is 32.1 Å². The van der Waals surface area contributed by atoms with Gasteiger partial charge in [0.1, 0.15) is 12.7 Å². The van der Waals surface area contributed by atoms with Crippen molar-refractivity contribution >= 4 is 23.7 Å². The Morgan fingerprint density at radius 2 is 1.59 bits per heavy atom. The van der Waals surface area contributed by atoms with Crippen molar-refractivity contribution < 1.29 is 9.59 Å². The molecule has 0 spiro atoms. The lowest BCUT2D eigenvalue weighted by Gasteiger charge is -2.61. The summed E-state index contributed by atoms with van der Waals surface area (Å²) >= 11 is 0. The Morgan fingerprint density at radius 1 is 1.00 bits per heavy atom. The average molecular weight is 398 g/mol. The molecule has 6 rings (SSSR count). The lowest BCUT2D eigenvalue weighted by Crippen LogP contribution is -2.57. The minimum atomic E-state index is -0.416. The second kappa shape index (κ2) is 6.36. The summed E-state index contributed by atoms with van der Waals surface area (Å²) in [7, 11) is 3.61. The zero-order valence-corrected chi connectivity index (χ0v) is 16.8. The third-order valence-electron chi connectivity index (χ3n) is 7.10. The Kier molecular flexibility index (Phi) is 4.01. The number of rotatable bonds is 5. The Balaban J connectivity index is 1.35. The van der Waals surface area contributed by atoms with E-state index in [1.807, 2.05) is 7.05 Å². The van der Waals surface area contributed by atoms with E-state index in [1.54, 1.807) is 28.8 Å². The van der Waals surface area contributed by atoms with Gasteiger partial charge < -0.3 is 9.13 Å². The summed E-state index contributed by atoms with van der Waals surface area (Å²) in [4.78, 5) is 26.1. The minimum absolute atomic E-state index is 0.0285. The standard InChI is InChI=1S/C19H26N8O2/c1-26-10-20-24-16(26)22-14(28)8-18-4-12-3-13(5-18)7-19(6-12,9-18)15(29)23-17-25-21-11-27(17)2/h10-13H,3-9H2,1-2H3,(H,22,24,28)(H,23,25,29). The van der Waals surface area contributed by atoms with Crippen molar-refractivity contribution in [2.75, 3.05) is 10.6 Å². The fourth-order valence-corrected chi connectivity index (χ4v) is 6.46. The molecule has 2 N–H and O–H groups in total. The SMILES string of the molecule is Cn1cnnc1NC(=O)CC12CC3CC(C1)CC(C(=O)Nc1nncn1C)(C3)C2. The van der Waals surface area contributed by atoms with Crippen LogP contribution >= 0.6 is 0 Å². The maximum Gasteiger partial charge on any atom is 0.232 e. The predicted octanol–water partition coefficient (Wildman–Crippen LogP) is 1.50. The van der Waals surface area contributed by atoms with Gasteiger partial charge in [-0.05, 0) is 55.8 Å². The molecule has 4 aliphatic rings. The maximum absolute atomic E-state index is 13.3. The molecule has 0 saturated heterocycles. The number of nitrogens with one attached hydrogen (secondary N) is 2. The van der Waals surface area contributed by atoms with Crippen LogP contribution < -0.4 is 10.6 Å². The average Bonchev–Trinajstić information content (AvgIpc) is 3.22. The summed E-state index contributed by atoms with van der Waals surface area (Å²) in [5, 5.41) is 21.5. The van der Waals surface area contributed by atoms with Crippen molar-refractivity contribution in [3.8, 4) is 0 Å². The lowest BCUT2D eigenvalue weighted by atomic mass is 9.43. The summed E-state index contributed by atoms with van der Waals surface area (Å²) in [6, 6.07) is 0. The number of anilines is 2. The van der Waals surface area contributed by atoms with Gasteiger partial charge in [0.25, 0.3) is 0 Å². The Hall–Kier alpha value is -2.78. The smallest absolute Gasteiger partial charge is 0.232 e. The zero-order valence-electron chi connectivity index (χ0n) is 16.8. The first-order valence-electron chi connectivity index (χ1n) is 10.2. The fourth-order valence-electron chi connectivity index (χ4n) is 6.46. The summed E-state index contributed by atoms with van der Waals surface area (Å²) in [6.45, 7) is 0. The van der Waals surface area contributed by atoms with Gasteiger partial charge in [-0.1, -0.05) is 0 Å². The second-order valence-electron chi connectivity index (χ2n) is 9.45. The topological polar surface area (TPSA) is 120 Å². The first-order chi connectivity index (χ1) is 13.9. The number of hydrogen-bond acceptors (Lipinski definition) is 6. The van der Waals surface area contributed by atoms with Crippen LogP contribution in [0.5, 0.6) is 0 Å². The highest BCUT2D eigenvalue weighted by molar-refractivity contribution is 5.95. The monoisotopic (exact) mass is 398 g/mol. The molecule has 29 heavy (non-hydrogen) atoms. The first kappa shape index (κ1) is 18.3. The Bertz CT molecular complexity index is 949. The number of carbonyl (C=O) groups excluding carboxylic acids is 2. The van der Waals surface area contributed by atoms with Crippen molar-refractivity contribution in [1.29, 1.82) is 0 Å². The second-order valence-corrected chi connectivity index (χ2v) is 9.45. The van der Waals surface area contributed by atoms with E-state index in [2.05, 4.69) is 31.0 Å². The Labute approximate surface area is 168 Å². The number of amides is 2. The van der Waals surface area contributed by atoms with Crippen molar-refractivity contribution in [3.63, 3.8) is 0 Å².